The molecule has 0 aromatic rings. The molecule has 1 aliphatic heterocycles. The fourth-order valence-electron chi connectivity index (χ4n) is 2.07. The molecule has 12 heavy (non-hydrogen) atoms. The lowest BCUT2D eigenvalue weighted by atomic mass is 10.0. The van der Waals surface area contributed by atoms with E-state index < -0.39 is 0 Å². The number of hydrogen-bond donors (Lipinski definition) is 2. The van der Waals surface area contributed by atoms with E-state index in [-0.39, 0.29) is 0 Å². The quantitative estimate of drug-likeness (QED) is 0.573. The Labute approximate surface area is 76.1 Å². The summed E-state index contributed by atoms with van der Waals surface area (Å²) in [6, 6.07) is 1.55. The third kappa shape index (κ3) is 2.76. The molecule has 1 aliphatic rings. The fraction of sp³-hybridized carbons (Fsp3) is 1.00. The number of nitrogens with one attached hydrogen (secondary N) is 1. The van der Waals surface area contributed by atoms with E-state index in [1.54, 1.807) is 4.90 Å². The molecule has 1 unspecified atom stereocenters. The summed E-state index contributed by atoms with van der Waals surface area (Å²) in [6.07, 6.45) is 5.52. The van der Waals surface area contributed by atoms with Gasteiger partial charge in [0.05, 0.1) is 12.6 Å². The van der Waals surface area contributed by atoms with Crippen LogP contribution in [0.25, 0.3) is 0 Å². The van der Waals surface area contributed by atoms with Gasteiger partial charge in [-0.1, -0.05) is 6.92 Å². The van der Waals surface area contributed by atoms with Gasteiger partial charge in [-0.25, -0.2) is 0 Å². The first kappa shape index (κ1) is 10.0. The van der Waals surface area contributed by atoms with Crippen molar-refractivity contribution in [3.8, 4) is 0 Å². The number of likely N-dealkylation sites (tertiary alicyclic amines) is 1. The summed E-state index contributed by atoms with van der Waals surface area (Å²) in [4.78, 5) is 1.79. The molecule has 3 atom stereocenters. The number of quaternary nitrogens is 2. The number of rotatable bonds is 3. The Bertz CT molecular complexity index is 125. The zero-order valence-corrected chi connectivity index (χ0v) is 8.60. The predicted octanol–water partition coefficient (Wildman–Crippen LogP) is -0.536. The highest BCUT2D eigenvalue weighted by atomic mass is 15.2. The van der Waals surface area contributed by atoms with Crippen molar-refractivity contribution >= 4 is 0 Å². The molecule has 1 saturated heterocycles. The molecule has 0 aromatic heterocycles. The lowest BCUT2D eigenvalue weighted by Crippen LogP contribution is -3.18. The van der Waals surface area contributed by atoms with E-state index in [0.717, 1.165) is 6.04 Å². The van der Waals surface area contributed by atoms with Crippen molar-refractivity contribution in [3.05, 3.63) is 0 Å². The van der Waals surface area contributed by atoms with Crippen molar-refractivity contribution in [2.45, 2.75) is 51.6 Å². The molecular weight excluding hydrogens is 148 g/mol. The summed E-state index contributed by atoms with van der Waals surface area (Å²) in [6.45, 7) is 7.30. The van der Waals surface area contributed by atoms with Gasteiger partial charge in [-0.3, -0.25) is 0 Å². The van der Waals surface area contributed by atoms with Crippen LogP contribution in [-0.2, 0) is 0 Å². The van der Waals surface area contributed by atoms with Gasteiger partial charge in [0.15, 0.2) is 0 Å². The second-order valence-electron chi connectivity index (χ2n) is 4.28. The topological polar surface area (TPSA) is 32.1 Å². The van der Waals surface area contributed by atoms with Crippen LogP contribution in [0, 0.1) is 0 Å². The molecule has 0 amide bonds. The van der Waals surface area contributed by atoms with Gasteiger partial charge < -0.3 is 10.6 Å². The van der Waals surface area contributed by atoms with Gasteiger partial charge >= 0.3 is 0 Å². The van der Waals surface area contributed by atoms with Crippen LogP contribution in [-0.4, -0.2) is 25.2 Å². The first-order valence-corrected chi connectivity index (χ1v) is 5.41. The van der Waals surface area contributed by atoms with Crippen molar-refractivity contribution in [3.63, 3.8) is 0 Å². The van der Waals surface area contributed by atoms with E-state index in [9.17, 15) is 0 Å². The van der Waals surface area contributed by atoms with Crippen LogP contribution in [0.4, 0.5) is 0 Å². The molecule has 2 heteroatoms. The van der Waals surface area contributed by atoms with Gasteiger partial charge in [-0.15, -0.1) is 0 Å². The zero-order chi connectivity index (χ0) is 8.97. The molecule has 4 N–H and O–H groups in total. The molecule has 0 radical (unpaired) electrons. The first-order valence-electron chi connectivity index (χ1n) is 5.41. The highest BCUT2D eigenvalue weighted by molar-refractivity contribution is 4.57. The molecular formula is C10H24N2+2. The SMILES string of the molecule is CC[C@@H]([NH3+])C[NH+]1CCCC[C@@H]1C. The first-order chi connectivity index (χ1) is 5.74. The van der Waals surface area contributed by atoms with Crippen LogP contribution in [0.5, 0.6) is 0 Å². The Kier molecular flexibility index (Phi) is 4.02. The molecule has 2 nitrogen and oxygen atoms in total. The Morgan fingerprint density at radius 1 is 1.50 bits per heavy atom. The van der Waals surface area contributed by atoms with Gasteiger partial charge in [-0.05, 0) is 26.2 Å². The monoisotopic (exact) mass is 172 g/mol. The lowest BCUT2D eigenvalue weighted by Gasteiger charge is -2.30. The van der Waals surface area contributed by atoms with Crippen molar-refractivity contribution in [1.29, 1.82) is 0 Å². The van der Waals surface area contributed by atoms with E-state index in [4.69, 9.17) is 0 Å². The Morgan fingerprint density at radius 3 is 2.83 bits per heavy atom. The minimum absolute atomic E-state index is 0.667. The van der Waals surface area contributed by atoms with Crippen LogP contribution < -0.4 is 10.6 Å². The zero-order valence-electron chi connectivity index (χ0n) is 8.60. The van der Waals surface area contributed by atoms with Crippen LogP contribution in [0.2, 0.25) is 0 Å². The van der Waals surface area contributed by atoms with Crippen LogP contribution in [0.1, 0.15) is 39.5 Å². The molecule has 0 aromatic carbocycles. The third-order valence-electron chi connectivity index (χ3n) is 3.21. The smallest absolute Gasteiger partial charge is 0.134 e. The van der Waals surface area contributed by atoms with Crippen LogP contribution in [0.15, 0.2) is 0 Å². The predicted molar refractivity (Wildman–Crippen MR) is 51.0 cm³/mol. The van der Waals surface area contributed by atoms with Crippen molar-refractivity contribution < 1.29 is 10.6 Å². The maximum atomic E-state index is 4.16. The molecule has 72 valence electrons. The highest BCUT2D eigenvalue weighted by Gasteiger charge is 2.24. The minimum Gasteiger partial charge on any atom is -0.350 e. The van der Waals surface area contributed by atoms with Gasteiger partial charge in [0.2, 0.25) is 0 Å². The van der Waals surface area contributed by atoms with Crippen molar-refractivity contribution in [2.24, 2.45) is 0 Å². The van der Waals surface area contributed by atoms with Crippen molar-refractivity contribution in [1.82, 2.24) is 0 Å². The summed E-state index contributed by atoms with van der Waals surface area (Å²) >= 11 is 0. The van der Waals surface area contributed by atoms with E-state index in [1.807, 2.05) is 0 Å². The van der Waals surface area contributed by atoms with Crippen LogP contribution in [0.3, 0.4) is 0 Å². The molecule has 1 rings (SSSR count). The summed E-state index contributed by atoms with van der Waals surface area (Å²) < 4.78 is 0. The van der Waals surface area contributed by atoms with Gasteiger partial charge in [0.25, 0.3) is 0 Å². The fourth-order valence-corrected chi connectivity index (χ4v) is 2.07. The lowest BCUT2D eigenvalue weighted by molar-refractivity contribution is -0.936. The van der Waals surface area contributed by atoms with E-state index >= 15 is 0 Å². The van der Waals surface area contributed by atoms with Crippen LogP contribution >= 0.6 is 0 Å². The maximum Gasteiger partial charge on any atom is 0.134 e. The molecule has 0 saturated carbocycles. The molecule has 0 aliphatic carbocycles. The Balaban J connectivity index is 2.28. The standard InChI is InChI=1S/C10H22N2/c1-3-10(11)8-12-7-5-4-6-9(12)2/h9-10H,3-8,11H2,1-2H3/p+2/t9-,10+/m0/s1. The van der Waals surface area contributed by atoms with E-state index in [2.05, 4.69) is 19.6 Å². The second-order valence-corrected chi connectivity index (χ2v) is 4.28. The molecule has 0 spiro atoms. The second kappa shape index (κ2) is 4.83. The average Bonchev–Trinajstić information content (AvgIpc) is 2.09. The maximum absolute atomic E-state index is 4.16. The number of piperidine rings is 1. The normalized spacial score (nSPS) is 33.2. The summed E-state index contributed by atoms with van der Waals surface area (Å²) in [5, 5.41) is 0. The molecule has 1 heterocycles. The Hall–Kier alpha value is -0.0800. The minimum atomic E-state index is 0.667. The van der Waals surface area contributed by atoms with Gasteiger partial charge in [0.1, 0.15) is 12.6 Å². The van der Waals surface area contributed by atoms with Gasteiger partial charge in [0, 0.05) is 6.42 Å². The average molecular weight is 172 g/mol. The third-order valence-corrected chi connectivity index (χ3v) is 3.21. The van der Waals surface area contributed by atoms with E-state index in [0.29, 0.717) is 6.04 Å². The summed E-state index contributed by atoms with van der Waals surface area (Å²) in [7, 11) is 0. The molecule has 1 fully saturated rings. The van der Waals surface area contributed by atoms with E-state index in [1.165, 1.54) is 38.8 Å². The van der Waals surface area contributed by atoms with Gasteiger partial charge in [-0.2, -0.15) is 0 Å². The Morgan fingerprint density at radius 2 is 2.25 bits per heavy atom. The molecule has 0 bridgehead atoms. The van der Waals surface area contributed by atoms with Crippen molar-refractivity contribution in [2.75, 3.05) is 13.1 Å². The highest BCUT2D eigenvalue weighted by Crippen LogP contribution is 2.01. The summed E-state index contributed by atoms with van der Waals surface area (Å²) in [5.74, 6) is 0. The number of hydrogen-bond acceptors (Lipinski definition) is 0. The summed E-state index contributed by atoms with van der Waals surface area (Å²) in [5.41, 5.74) is 4.16. The largest absolute Gasteiger partial charge is 0.350 e.